The molecule has 164 valence electrons. The molecule has 9 heteroatoms. The predicted molar refractivity (Wildman–Crippen MR) is 116 cm³/mol. The number of carbonyl (C=O) groups is 1. The largest absolute Gasteiger partial charge is 0.486 e. The van der Waals surface area contributed by atoms with Crippen molar-refractivity contribution in [2.45, 2.75) is 45.7 Å². The first-order chi connectivity index (χ1) is 14.0. The monoisotopic (exact) mass is 435 g/mol. The van der Waals surface area contributed by atoms with Crippen molar-refractivity contribution in [2.75, 3.05) is 26.3 Å². The van der Waals surface area contributed by atoms with Crippen molar-refractivity contribution in [2.24, 2.45) is 5.92 Å². The zero-order chi connectivity index (χ0) is 20.4. The van der Waals surface area contributed by atoms with Crippen LogP contribution in [0.25, 0.3) is 0 Å². The number of ether oxygens (including phenoxy) is 2. The van der Waals surface area contributed by atoms with Crippen molar-refractivity contribution in [1.29, 1.82) is 0 Å². The van der Waals surface area contributed by atoms with Gasteiger partial charge in [-0.2, -0.15) is 0 Å². The molecule has 8 nitrogen and oxygen atoms in total. The highest BCUT2D eigenvalue weighted by molar-refractivity contribution is 5.93. The summed E-state index contributed by atoms with van der Waals surface area (Å²) in [4.78, 5) is 13.0. The molecule has 1 amide bonds. The first-order valence-corrected chi connectivity index (χ1v) is 10.4. The summed E-state index contributed by atoms with van der Waals surface area (Å²) in [5, 5.41) is 15.0. The third kappa shape index (κ3) is 4.54. The number of aromatic nitrogens is 3. The predicted octanol–water partition coefficient (Wildman–Crippen LogP) is 2.83. The highest BCUT2D eigenvalue weighted by Gasteiger charge is 2.26. The van der Waals surface area contributed by atoms with E-state index < -0.39 is 0 Å². The summed E-state index contributed by atoms with van der Waals surface area (Å²) in [6.07, 6.45) is 1.99. The number of rotatable bonds is 5. The number of carbonyl (C=O) groups excluding carboxylic acids is 1. The third-order valence-electron chi connectivity index (χ3n) is 5.68. The van der Waals surface area contributed by atoms with Crippen LogP contribution in [0.3, 0.4) is 0 Å². The molecular weight excluding hydrogens is 406 g/mol. The molecule has 2 aliphatic heterocycles. The quantitative estimate of drug-likeness (QED) is 0.750. The molecule has 1 atom stereocenters. The molecule has 0 saturated carbocycles. The lowest BCUT2D eigenvalue weighted by Crippen LogP contribution is -2.33. The Balaban J connectivity index is 0.00000256. The van der Waals surface area contributed by atoms with Crippen molar-refractivity contribution in [3.8, 4) is 11.5 Å². The lowest BCUT2D eigenvalue weighted by Gasteiger charge is -2.25. The molecule has 0 radical (unpaired) electrons. The van der Waals surface area contributed by atoms with E-state index in [-0.39, 0.29) is 30.3 Å². The second kappa shape index (κ2) is 9.66. The summed E-state index contributed by atoms with van der Waals surface area (Å²) in [6, 6.07) is 5.98. The smallest absolute Gasteiger partial charge is 0.274 e. The Labute approximate surface area is 183 Å². The zero-order valence-electron chi connectivity index (χ0n) is 17.7. The molecule has 30 heavy (non-hydrogen) atoms. The molecule has 2 N–H and O–H groups in total. The number of benzene rings is 1. The van der Waals surface area contributed by atoms with Gasteiger partial charge in [-0.3, -0.25) is 4.79 Å². The number of piperidine rings is 1. The van der Waals surface area contributed by atoms with Crippen molar-refractivity contribution < 1.29 is 14.3 Å². The molecule has 1 aromatic heterocycles. The summed E-state index contributed by atoms with van der Waals surface area (Å²) in [7, 11) is 0. The van der Waals surface area contributed by atoms with E-state index in [2.05, 4.69) is 34.8 Å². The maximum Gasteiger partial charge on any atom is 0.274 e. The van der Waals surface area contributed by atoms with Crippen LogP contribution in [0, 0.1) is 12.8 Å². The fourth-order valence-corrected chi connectivity index (χ4v) is 4.05. The SMILES string of the molecule is Cc1c(C(=O)NC(c2ccc3c(c2)OCCO3)C(C)C)nnn1C1CCNCC1.Cl. The van der Waals surface area contributed by atoms with Crippen LogP contribution in [0.15, 0.2) is 18.2 Å². The highest BCUT2D eigenvalue weighted by Crippen LogP contribution is 2.34. The summed E-state index contributed by atoms with van der Waals surface area (Å²) in [5.41, 5.74) is 2.20. The normalized spacial score (nSPS) is 17.3. The highest BCUT2D eigenvalue weighted by atomic mass is 35.5. The van der Waals surface area contributed by atoms with E-state index in [9.17, 15) is 4.79 Å². The van der Waals surface area contributed by atoms with E-state index in [4.69, 9.17) is 9.47 Å². The number of nitrogens with zero attached hydrogens (tertiary/aromatic N) is 3. The van der Waals surface area contributed by atoms with Gasteiger partial charge in [0.1, 0.15) is 13.2 Å². The van der Waals surface area contributed by atoms with Crippen molar-refractivity contribution in [1.82, 2.24) is 25.6 Å². The number of hydrogen-bond acceptors (Lipinski definition) is 6. The second-order valence-electron chi connectivity index (χ2n) is 8.05. The zero-order valence-corrected chi connectivity index (χ0v) is 18.5. The number of halogens is 1. The minimum atomic E-state index is -0.198. The van der Waals surface area contributed by atoms with Crippen LogP contribution in [-0.4, -0.2) is 47.2 Å². The lowest BCUT2D eigenvalue weighted by molar-refractivity contribution is 0.0919. The standard InChI is InChI=1S/C21H29N5O3.ClH/c1-13(2)19(15-4-5-17-18(12-15)29-11-10-28-17)23-21(27)20-14(3)26(25-24-20)16-6-8-22-9-7-16;/h4-5,12-13,16,19,22H,6-11H2,1-3H3,(H,23,27);1H. The molecular formula is C21H30ClN5O3. The van der Waals surface area contributed by atoms with Crippen LogP contribution in [0.1, 0.15) is 60.5 Å². The van der Waals surface area contributed by atoms with E-state index in [0.717, 1.165) is 48.7 Å². The average molecular weight is 436 g/mol. The van der Waals surface area contributed by atoms with Crippen LogP contribution in [0.2, 0.25) is 0 Å². The summed E-state index contributed by atoms with van der Waals surface area (Å²) in [5.74, 6) is 1.47. The number of nitrogens with one attached hydrogen (secondary N) is 2. The Morgan fingerprint density at radius 3 is 2.60 bits per heavy atom. The van der Waals surface area contributed by atoms with Gasteiger partial charge < -0.3 is 20.1 Å². The molecule has 0 aliphatic carbocycles. The molecule has 1 fully saturated rings. The first kappa shape index (κ1) is 22.4. The molecule has 2 aromatic rings. The van der Waals surface area contributed by atoms with Gasteiger partial charge in [-0.25, -0.2) is 4.68 Å². The second-order valence-corrected chi connectivity index (χ2v) is 8.05. The first-order valence-electron chi connectivity index (χ1n) is 10.4. The number of hydrogen-bond donors (Lipinski definition) is 2. The molecule has 0 spiro atoms. The molecule has 2 aliphatic rings. The maximum absolute atomic E-state index is 13.0. The third-order valence-corrected chi connectivity index (χ3v) is 5.68. The van der Waals surface area contributed by atoms with Gasteiger partial charge in [-0.15, -0.1) is 17.5 Å². The summed E-state index contributed by atoms with van der Waals surface area (Å²) < 4.78 is 13.2. The van der Waals surface area contributed by atoms with Crippen LogP contribution in [0.4, 0.5) is 0 Å². The Hall–Kier alpha value is -2.32. The summed E-state index contributed by atoms with van der Waals surface area (Å²) >= 11 is 0. The molecule has 1 unspecified atom stereocenters. The van der Waals surface area contributed by atoms with E-state index in [1.807, 2.05) is 29.8 Å². The fraction of sp³-hybridized carbons (Fsp3) is 0.571. The topological polar surface area (TPSA) is 90.3 Å². The van der Waals surface area contributed by atoms with Crippen molar-refractivity contribution in [3.63, 3.8) is 0 Å². The number of amides is 1. The van der Waals surface area contributed by atoms with Crippen LogP contribution in [0.5, 0.6) is 11.5 Å². The van der Waals surface area contributed by atoms with Gasteiger partial charge in [-0.1, -0.05) is 25.1 Å². The van der Waals surface area contributed by atoms with Crippen molar-refractivity contribution >= 4 is 18.3 Å². The Kier molecular flexibility index (Phi) is 7.20. The van der Waals surface area contributed by atoms with E-state index in [1.54, 1.807) is 0 Å². The maximum atomic E-state index is 13.0. The van der Waals surface area contributed by atoms with E-state index in [1.165, 1.54) is 0 Å². The minimum Gasteiger partial charge on any atom is -0.486 e. The van der Waals surface area contributed by atoms with Crippen LogP contribution >= 0.6 is 12.4 Å². The van der Waals surface area contributed by atoms with Gasteiger partial charge in [0.2, 0.25) is 0 Å². The molecule has 1 saturated heterocycles. The van der Waals surface area contributed by atoms with Crippen LogP contribution < -0.4 is 20.1 Å². The van der Waals surface area contributed by atoms with Gasteiger partial charge in [0.25, 0.3) is 5.91 Å². The van der Waals surface area contributed by atoms with Crippen LogP contribution in [-0.2, 0) is 0 Å². The average Bonchev–Trinajstić information content (AvgIpc) is 3.13. The molecule has 0 bridgehead atoms. The van der Waals surface area contributed by atoms with E-state index in [0.29, 0.717) is 24.9 Å². The van der Waals surface area contributed by atoms with Gasteiger partial charge in [-0.05, 0) is 56.5 Å². The van der Waals surface area contributed by atoms with Crippen molar-refractivity contribution in [3.05, 3.63) is 35.2 Å². The van der Waals surface area contributed by atoms with Gasteiger partial charge in [0.15, 0.2) is 17.2 Å². The summed E-state index contributed by atoms with van der Waals surface area (Å²) in [6.45, 7) is 9.11. The van der Waals surface area contributed by atoms with Gasteiger partial charge in [0, 0.05) is 0 Å². The minimum absolute atomic E-state index is 0. The number of fused-ring (bicyclic) bond motifs is 1. The Morgan fingerprint density at radius 1 is 1.20 bits per heavy atom. The Morgan fingerprint density at radius 2 is 1.90 bits per heavy atom. The molecule has 3 heterocycles. The Bertz CT molecular complexity index is 880. The van der Waals surface area contributed by atoms with E-state index >= 15 is 0 Å². The molecule has 1 aromatic carbocycles. The van der Waals surface area contributed by atoms with Gasteiger partial charge in [0.05, 0.1) is 17.8 Å². The van der Waals surface area contributed by atoms with Gasteiger partial charge >= 0.3 is 0 Å². The lowest BCUT2D eigenvalue weighted by atomic mass is 9.95. The molecule has 4 rings (SSSR count). The fourth-order valence-electron chi connectivity index (χ4n) is 4.05.